The molecule has 2 aromatic heterocycles. The Kier molecular flexibility index (Phi) is 7.56. The predicted molar refractivity (Wildman–Crippen MR) is 288 cm³/mol. The maximum atomic E-state index is 2.58. The molecule has 2 heterocycles. The molecule has 0 fully saturated rings. The number of rotatable bonds is 4. The monoisotopic (exact) mass is 845 g/mol. The van der Waals surface area contributed by atoms with Crippen LogP contribution in [0.2, 0.25) is 0 Å². The molecule has 0 spiro atoms. The molecule has 0 radical (unpaired) electrons. The zero-order valence-corrected chi connectivity index (χ0v) is 36.5. The van der Waals surface area contributed by atoms with Crippen molar-refractivity contribution in [3.63, 3.8) is 0 Å². The van der Waals surface area contributed by atoms with E-state index in [1.54, 1.807) is 0 Å². The Morgan fingerprint density at radius 3 is 0.955 bits per heavy atom. The lowest BCUT2D eigenvalue weighted by atomic mass is 9.89. The predicted octanol–water partition coefficient (Wildman–Crippen LogP) is 18.4. The third kappa shape index (κ3) is 5.20. The normalized spacial score (nSPS) is 12.2. The van der Waals surface area contributed by atoms with Crippen LogP contribution in [0.3, 0.4) is 0 Å². The molecule has 0 aliphatic carbocycles. The van der Waals surface area contributed by atoms with Gasteiger partial charge in [-0.05, 0) is 133 Å². The van der Waals surface area contributed by atoms with Crippen LogP contribution in [0.15, 0.2) is 237 Å². The lowest BCUT2D eigenvalue weighted by Crippen LogP contribution is -1.89. The summed E-state index contributed by atoms with van der Waals surface area (Å²) in [5.41, 5.74) is 13.7. The molecule has 0 unspecified atom stereocenters. The first-order valence-corrected chi connectivity index (χ1v) is 23.3. The van der Waals surface area contributed by atoms with Crippen molar-refractivity contribution in [3.8, 4) is 44.5 Å². The fourth-order valence-electron chi connectivity index (χ4n) is 11.9. The third-order valence-electron chi connectivity index (χ3n) is 14.8. The Hall–Kier alpha value is -8.78. The Morgan fingerprint density at radius 2 is 0.537 bits per heavy atom. The van der Waals surface area contributed by atoms with Gasteiger partial charge in [-0.25, -0.2) is 0 Å². The summed E-state index contributed by atoms with van der Waals surface area (Å²) in [6.45, 7) is 0. The summed E-state index contributed by atoms with van der Waals surface area (Å²) in [6.07, 6.45) is 0. The molecule has 0 bridgehead atoms. The Labute approximate surface area is 386 Å². The van der Waals surface area contributed by atoms with Crippen molar-refractivity contribution in [3.05, 3.63) is 237 Å². The van der Waals surface area contributed by atoms with Crippen LogP contribution in [0.25, 0.3) is 147 Å². The number of benzene rings is 13. The Morgan fingerprint density at radius 1 is 0.224 bits per heavy atom. The van der Waals surface area contributed by atoms with Crippen LogP contribution in [0.5, 0.6) is 0 Å². The van der Waals surface area contributed by atoms with E-state index in [0.717, 1.165) is 0 Å². The van der Waals surface area contributed by atoms with Crippen LogP contribution in [-0.4, -0.2) is 4.40 Å². The summed E-state index contributed by atoms with van der Waals surface area (Å²) in [4.78, 5) is 0. The molecular formula is C66H39N. The summed E-state index contributed by atoms with van der Waals surface area (Å²) in [5, 5.41) is 20.4. The van der Waals surface area contributed by atoms with E-state index in [1.165, 1.54) is 147 Å². The number of hydrogen-bond donors (Lipinski definition) is 0. The molecule has 0 amide bonds. The number of nitrogens with zero attached hydrogens (tertiary/aromatic N) is 1. The van der Waals surface area contributed by atoms with Crippen LogP contribution in [0.4, 0.5) is 0 Å². The molecule has 15 rings (SSSR count). The molecule has 1 heteroatoms. The van der Waals surface area contributed by atoms with Crippen molar-refractivity contribution in [2.75, 3.05) is 0 Å². The zero-order chi connectivity index (χ0) is 43.7. The minimum absolute atomic E-state index is 1.22. The summed E-state index contributed by atoms with van der Waals surface area (Å²) in [6, 6.07) is 88.3. The zero-order valence-electron chi connectivity index (χ0n) is 36.5. The topological polar surface area (TPSA) is 4.41 Å². The second-order valence-electron chi connectivity index (χ2n) is 18.3. The molecule has 0 N–H and O–H groups in total. The van der Waals surface area contributed by atoms with Crippen LogP contribution in [0.1, 0.15) is 0 Å². The standard InChI is InChI=1S/C66H39N/c1-5-18-48-44(14-1)36-58(54-24-11-9-22-52(48)54)40-28-32-42(33-29-40)62-50-20-7-3-16-46(50)38-60-64(62)56-26-13-27-57-65-61(67(60)66(56)57)39-47-17-4-8-21-51(47)63(65)43-34-30-41(31-35-43)59-37-45-15-2-6-19-49(45)53-23-10-12-25-55(53)59/h1-39H. The van der Waals surface area contributed by atoms with E-state index in [1.807, 2.05) is 0 Å². The molecular weight excluding hydrogens is 807 g/mol. The van der Waals surface area contributed by atoms with Crippen LogP contribution in [-0.2, 0) is 0 Å². The average molecular weight is 846 g/mol. The largest absolute Gasteiger partial charge is 0.308 e. The van der Waals surface area contributed by atoms with Gasteiger partial charge in [-0.1, -0.05) is 212 Å². The molecule has 1 nitrogen and oxygen atoms in total. The van der Waals surface area contributed by atoms with Crippen molar-refractivity contribution < 1.29 is 0 Å². The van der Waals surface area contributed by atoms with Gasteiger partial charge in [-0.3, -0.25) is 0 Å². The highest BCUT2D eigenvalue weighted by Gasteiger charge is 2.25. The lowest BCUT2D eigenvalue weighted by molar-refractivity contribution is 1.38. The van der Waals surface area contributed by atoms with E-state index in [0.29, 0.717) is 0 Å². The lowest BCUT2D eigenvalue weighted by Gasteiger charge is -2.15. The summed E-state index contributed by atoms with van der Waals surface area (Å²) >= 11 is 0. The van der Waals surface area contributed by atoms with Gasteiger partial charge in [-0.2, -0.15) is 0 Å². The number of fused-ring (bicyclic) bond motifs is 14. The molecule has 0 aliphatic rings. The average Bonchev–Trinajstić information content (AvgIpc) is 3.91. The van der Waals surface area contributed by atoms with E-state index >= 15 is 0 Å². The first kappa shape index (κ1) is 36.5. The first-order chi connectivity index (χ1) is 33.2. The van der Waals surface area contributed by atoms with Gasteiger partial charge in [0, 0.05) is 21.5 Å². The fraction of sp³-hybridized carbons (Fsp3) is 0. The molecule has 67 heavy (non-hydrogen) atoms. The maximum Gasteiger partial charge on any atom is 0.0620 e. The van der Waals surface area contributed by atoms with E-state index in [2.05, 4.69) is 241 Å². The number of aromatic nitrogens is 1. The van der Waals surface area contributed by atoms with Gasteiger partial charge in [0.05, 0.1) is 16.6 Å². The van der Waals surface area contributed by atoms with Crippen molar-refractivity contribution in [1.29, 1.82) is 0 Å². The highest BCUT2D eigenvalue weighted by molar-refractivity contribution is 6.32. The summed E-state index contributed by atoms with van der Waals surface area (Å²) in [5.74, 6) is 0. The second-order valence-corrected chi connectivity index (χ2v) is 18.3. The molecule has 15 aromatic rings. The minimum Gasteiger partial charge on any atom is -0.308 e. The first-order valence-electron chi connectivity index (χ1n) is 23.3. The van der Waals surface area contributed by atoms with Crippen molar-refractivity contribution in [1.82, 2.24) is 4.40 Å². The van der Waals surface area contributed by atoms with Crippen molar-refractivity contribution in [2.45, 2.75) is 0 Å². The SMILES string of the molecule is c1ccc2c(-c3ccc(-c4cc5ccccc5c5ccccc45)cc3)c3c4cccc5c6c(-c7ccc(-c8cc9ccccc9c9ccccc89)cc7)c7ccccc7cc6n(c3cc2c1)c45. The number of para-hydroxylation sites is 1. The highest BCUT2D eigenvalue weighted by atomic mass is 14.9. The van der Waals surface area contributed by atoms with E-state index < -0.39 is 0 Å². The van der Waals surface area contributed by atoms with Crippen LogP contribution >= 0.6 is 0 Å². The molecule has 0 atom stereocenters. The van der Waals surface area contributed by atoms with Crippen molar-refractivity contribution >= 4 is 103 Å². The molecule has 308 valence electrons. The molecule has 0 saturated carbocycles. The fourth-order valence-corrected chi connectivity index (χ4v) is 11.9. The van der Waals surface area contributed by atoms with E-state index in [-0.39, 0.29) is 0 Å². The molecule has 13 aromatic carbocycles. The van der Waals surface area contributed by atoms with Crippen LogP contribution in [0, 0.1) is 0 Å². The molecule has 0 saturated heterocycles. The maximum absolute atomic E-state index is 2.58. The third-order valence-corrected chi connectivity index (χ3v) is 14.8. The second kappa shape index (κ2) is 13.9. The molecule has 0 aliphatic heterocycles. The van der Waals surface area contributed by atoms with Crippen molar-refractivity contribution in [2.24, 2.45) is 0 Å². The van der Waals surface area contributed by atoms with Crippen LogP contribution < -0.4 is 0 Å². The smallest absolute Gasteiger partial charge is 0.0620 e. The summed E-state index contributed by atoms with van der Waals surface area (Å²) < 4.78 is 2.58. The van der Waals surface area contributed by atoms with E-state index in [4.69, 9.17) is 0 Å². The minimum atomic E-state index is 1.22. The van der Waals surface area contributed by atoms with Gasteiger partial charge < -0.3 is 4.40 Å². The van der Waals surface area contributed by atoms with Gasteiger partial charge in [-0.15, -0.1) is 0 Å². The van der Waals surface area contributed by atoms with Gasteiger partial charge >= 0.3 is 0 Å². The Bertz CT molecular complexity index is 4250. The highest BCUT2D eigenvalue weighted by Crippen LogP contribution is 2.50. The van der Waals surface area contributed by atoms with E-state index in [9.17, 15) is 0 Å². The van der Waals surface area contributed by atoms with Gasteiger partial charge in [0.1, 0.15) is 0 Å². The Balaban J connectivity index is 0.955. The van der Waals surface area contributed by atoms with Gasteiger partial charge in [0.25, 0.3) is 0 Å². The quantitative estimate of drug-likeness (QED) is 0.155. The summed E-state index contributed by atoms with van der Waals surface area (Å²) in [7, 11) is 0. The van der Waals surface area contributed by atoms with Gasteiger partial charge in [0.2, 0.25) is 0 Å². The number of hydrogen-bond acceptors (Lipinski definition) is 0. The van der Waals surface area contributed by atoms with Gasteiger partial charge in [0.15, 0.2) is 0 Å².